The summed E-state index contributed by atoms with van der Waals surface area (Å²) in [7, 11) is 0. The zero-order valence-electron chi connectivity index (χ0n) is 8.28. The number of rotatable bonds is 2. The third-order valence-corrected chi connectivity index (χ3v) is 2.64. The van der Waals surface area contributed by atoms with E-state index < -0.39 is 0 Å². The summed E-state index contributed by atoms with van der Waals surface area (Å²) in [6, 6.07) is 12.3. The van der Waals surface area contributed by atoms with Crippen molar-refractivity contribution in [3.05, 3.63) is 52.5 Å². The van der Waals surface area contributed by atoms with Crippen molar-refractivity contribution in [3.63, 3.8) is 0 Å². The van der Waals surface area contributed by atoms with Gasteiger partial charge in [0.25, 0.3) is 0 Å². The molecule has 2 rings (SSSR count). The first kappa shape index (κ1) is 11.1. The molecule has 0 amide bonds. The van der Waals surface area contributed by atoms with Crippen molar-refractivity contribution in [1.29, 1.82) is 0 Å². The highest BCUT2D eigenvalue weighted by atomic mass is 35.5. The van der Waals surface area contributed by atoms with E-state index in [-0.39, 0.29) is 0 Å². The quantitative estimate of drug-likeness (QED) is 0.807. The Bertz CT molecular complexity index is 497. The molecule has 0 aliphatic carbocycles. The Balaban J connectivity index is 2.27. The Kier molecular flexibility index (Phi) is 3.22. The molecule has 16 heavy (non-hydrogen) atoms. The number of anilines is 1. The van der Waals surface area contributed by atoms with E-state index >= 15 is 0 Å². The lowest BCUT2D eigenvalue weighted by atomic mass is 10.3. The molecule has 0 unspecified atom stereocenters. The van der Waals surface area contributed by atoms with Crippen molar-refractivity contribution >= 4 is 28.9 Å². The number of nitrogens with two attached hydrogens (primary N) is 1. The fraction of sp³-hybridized carbons (Fsp3) is 0. The summed E-state index contributed by atoms with van der Waals surface area (Å²) >= 11 is 11.6. The normalized spacial score (nSPS) is 10.1. The number of para-hydroxylation sites is 1. The van der Waals surface area contributed by atoms with E-state index in [4.69, 9.17) is 33.7 Å². The van der Waals surface area contributed by atoms with Gasteiger partial charge < -0.3 is 10.5 Å². The molecular formula is C12H9Cl2NO. The second-order valence-corrected chi connectivity index (χ2v) is 4.05. The number of nitrogen functional groups attached to an aromatic ring is 1. The van der Waals surface area contributed by atoms with E-state index in [0.29, 0.717) is 27.2 Å². The van der Waals surface area contributed by atoms with Crippen LogP contribution in [0.15, 0.2) is 42.5 Å². The van der Waals surface area contributed by atoms with E-state index in [1.807, 2.05) is 0 Å². The predicted octanol–water partition coefficient (Wildman–Crippen LogP) is 4.37. The van der Waals surface area contributed by atoms with Crippen LogP contribution in [0.4, 0.5) is 5.69 Å². The smallest absolute Gasteiger partial charge is 0.151 e. The molecule has 2 aromatic carbocycles. The summed E-state index contributed by atoms with van der Waals surface area (Å²) in [6.07, 6.45) is 0. The Hall–Kier alpha value is -1.38. The van der Waals surface area contributed by atoms with Crippen molar-refractivity contribution < 1.29 is 4.74 Å². The molecule has 0 fully saturated rings. The van der Waals surface area contributed by atoms with E-state index in [2.05, 4.69) is 0 Å². The number of hydrogen-bond acceptors (Lipinski definition) is 2. The van der Waals surface area contributed by atoms with E-state index in [1.165, 1.54) is 0 Å². The average Bonchev–Trinajstić information content (AvgIpc) is 2.28. The SMILES string of the molecule is Nc1c(Cl)cccc1Oc1ccc(Cl)cc1. The molecule has 0 atom stereocenters. The Labute approximate surface area is 104 Å². The van der Waals surface area contributed by atoms with Crippen molar-refractivity contribution in [2.45, 2.75) is 0 Å². The summed E-state index contributed by atoms with van der Waals surface area (Å²) in [4.78, 5) is 0. The molecule has 0 saturated heterocycles. The van der Waals surface area contributed by atoms with Crippen LogP contribution in [0.3, 0.4) is 0 Å². The molecule has 0 bridgehead atoms. The van der Waals surface area contributed by atoms with Crippen LogP contribution in [0.2, 0.25) is 10.0 Å². The van der Waals surface area contributed by atoms with Gasteiger partial charge in [0, 0.05) is 5.02 Å². The highest BCUT2D eigenvalue weighted by Crippen LogP contribution is 2.32. The van der Waals surface area contributed by atoms with Crippen LogP contribution in [0, 0.1) is 0 Å². The maximum atomic E-state index is 5.88. The Morgan fingerprint density at radius 3 is 2.31 bits per heavy atom. The molecule has 0 aliphatic heterocycles. The fourth-order valence-electron chi connectivity index (χ4n) is 1.24. The zero-order chi connectivity index (χ0) is 11.5. The first-order valence-electron chi connectivity index (χ1n) is 4.64. The van der Waals surface area contributed by atoms with Gasteiger partial charge in [0.2, 0.25) is 0 Å². The van der Waals surface area contributed by atoms with Crippen molar-refractivity contribution in [2.75, 3.05) is 5.73 Å². The molecule has 0 heterocycles. The largest absolute Gasteiger partial charge is 0.455 e. The first-order valence-corrected chi connectivity index (χ1v) is 5.40. The maximum absolute atomic E-state index is 5.88. The summed E-state index contributed by atoms with van der Waals surface area (Å²) in [5.41, 5.74) is 6.21. The van der Waals surface area contributed by atoms with E-state index in [9.17, 15) is 0 Å². The number of hydrogen-bond donors (Lipinski definition) is 1. The summed E-state index contributed by atoms with van der Waals surface area (Å²) in [5, 5.41) is 1.14. The third-order valence-electron chi connectivity index (χ3n) is 2.05. The van der Waals surface area contributed by atoms with Gasteiger partial charge in [0.15, 0.2) is 5.75 Å². The van der Waals surface area contributed by atoms with Crippen LogP contribution in [0.5, 0.6) is 11.5 Å². The minimum absolute atomic E-state index is 0.430. The molecule has 0 aliphatic rings. The molecule has 0 spiro atoms. The number of benzene rings is 2. The van der Waals surface area contributed by atoms with Gasteiger partial charge in [-0.2, -0.15) is 0 Å². The third kappa shape index (κ3) is 2.40. The predicted molar refractivity (Wildman–Crippen MR) is 67.4 cm³/mol. The van der Waals surface area contributed by atoms with Crippen LogP contribution < -0.4 is 10.5 Å². The van der Waals surface area contributed by atoms with Crippen LogP contribution >= 0.6 is 23.2 Å². The van der Waals surface area contributed by atoms with Gasteiger partial charge in [-0.3, -0.25) is 0 Å². The molecule has 0 radical (unpaired) electrons. The summed E-state index contributed by atoms with van der Waals surface area (Å²) < 4.78 is 5.58. The van der Waals surface area contributed by atoms with E-state index in [1.54, 1.807) is 42.5 Å². The molecule has 82 valence electrons. The van der Waals surface area contributed by atoms with Crippen molar-refractivity contribution in [2.24, 2.45) is 0 Å². The molecular weight excluding hydrogens is 245 g/mol. The standard InChI is InChI=1S/C12H9Cl2NO/c13-8-4-6-9(7-5-8)16-11-3-1-2-10(14)12(11)15/h1-7H,15H2. The number of ether oxygens (including phenoxy) is 1. The minimum Gasteiger partial charge on any atom is -0.455 e. The number of halogens is 2. The molecule has 0 aromatic heterocycles. The Morgan fingerprint density at radius 2 is 1.62 bits per heavy atom. The second kappa shape index (κ2) is 4.64. The van der Waals surface area contributed by atoms with Gasteiger partial charge in [-0.05, 0) is 36.4 Å². The maximum Gasteiger partial charge on any atom is 0.151 e. The lowest BCUT2D eigenvalue weighted by Gasteiger charge is -2.09. The lowest BCUT2D eigenvalue weighted by Crippen LogP contribution is -1.92. The van der Waals surface area contributed by atoms with Crippen LogP contribution in [-0.4, -0.2) is 0 Å². The van der Waals surface area contributed by atoms with Gasteiger partial charge in [-0.25, -0.2) is 0 Å². The minimum atomic E-state index is 0.430. The van der Waals surface area contributed by atoms with Crippen molar-refractivity contribution in [1.82, 2.24) is 0 Å². The van der Waals surface area contributed by atoms with Gasteiger partial charge in [0.1, 0.15) is 5.75 Å². The van der Waals surface area contributed by atoms with E-state index in [0.717, 1.165) is 0 Å². The zero-order valence-corrected chi connectivity index (χ0v) is 9.79. The van der Waals surface area contributed by atoms with Crippen molar-refractivity contribution in [3.8, 4) is 11.5 Å². The summed E-state index contributed by atoms with van der Waals surface area (Å²) in [6.45, 7) is 0. The van der Waals surface area contributed by atoms with Gasteiger partial charge >= 0.3 is 0 Å². The van der Waals surface area contributed by atoms with Gasteiger partial charge in [-0.1, -0.05) is 29.3 Å². The van der Waals surface area contributed by atoms with Gasteiger partial charge in [0.05, 0.1) is 10.7 Å². The highest BCUT2D eigenvalue weighted by molar-refractivity contribution is 6.33. The second-order valence-electron chi connectivity index (χ2n) is 3.21. The Morgan fingerprint density at radius 1 is 0.938 bits per heavy atom. The molecule has 4 heteroatoms. The molecule has 2 aromatic rings. The lowest BCUT2D eigenvalue weighted by molar-refractivity contribution is 0.485. The fourth-order valence-corrected chi connectivity index (χ4v) is 1.53. The first-order chi connectivity index (χ1) is 7.66. The highest BCUT2D eigenvalue weighted by Gasteiger charge is 2.04. The van der Waals surface area contributed by atoms with Crippen LogP contribution in [-0.2, 0) is 0 Å². The molecule has 2 N–H and O–H groups in total. The van der Waals surface area contributed by atoms with Crippen LogP contribution in [0.25, 0.3) is 0 Å². The van der Waals surface area contributed by atoms with Crippen LogP contribution in [0.1, 0.15) is 0 Å². The topological polar surface area (TPSA) is 35.2 Å². The molecule has 0 saturated carbocycles. The molecule has 2 nitrogen and oxygen atoms in total. The average molecular weight is 254 g/mol. The summed E-state index contributed by atoms with van der Waals surface area (Å²) in [5.74, 6) is 1.20. The van der Waals surface area contributed by atoms with Gasteiger partial charge in [-0.15, -0.1) is 0 Å². The monoisotopic (exact) mass is 253 g/mol.